The third-order valence-corrected chi connectivity index (χ3v) is 7.88. The van der Waals surface area contributed by atoms with E-state index < -0.39 is 41.6 Å². The number of anilines is 2. The largest absolute Gasteiger partial charge is 0.476 e. The van der Waals surface area contributed by atoms with Crippen LogP contribution in [0.4, 0.5) is 33.6 Å². The molecule has 1 aliphatic carbocycles. The monoisotopic (exact) mass is 580 g/mol. The first-order chi connectivity index (χ1) is 18.7. The minimum Gasteiger partial charge on any atom is -0.476 e. The van der Waals surface area contributed by atoms with Gasteiger partial charge in [-0.15, -0.1) is 0 Å². The third kappa shape index (κ3) is 4.18. The van der Waals surface area contributed by atoms with Gasteiger partial charge in [0.25, 0.3) is 5.92 Å². The summed E-state index contributed by atoms with van der Waals surface area (Å²) in [5.74, 6) is -5.84. The van der Waals surface area contributed by atoms with Gasteiger partial charge in [0, 0.05) is 42.1 Å². The Kier molecular flexibility index (Phi) is 5.88. The number of benzene rings is 1. The van der Waals surface area contributed by atoms with Crippen LogP contribution < -0.4 is 10.2 Å². The van der Waals surface area contributed by atoms with E-state index in [0.29, 0.717) is 28.5 Å². The highest BCUT2D eigenvalue weighted by Gasteiger charge is 2.61. The second-order valence-corrected chi connectivity index (χ2v) is 10.8. The molecule has 2 aliphatic heterocycles. The number of carbonyl (C=O) groups is 1. The molecule has 2 N–H and O–H groups in total. The van der Waals surface area contributed by atoms with Crippen molar-refractivity contribution in [2.75, 3.05) is 23.3 Å². The van der Waals surface area contributed by atoms with Gasteiger partial charge >= 0.3 is 12.1 Å². The van der Waals surface area contributed by atoms with Crippen molar-refractivity contribution in [3.63, 3.8) is 0 Å². The molecule has 5 heterocycles. The Morgan fingerprint density at radius 2 is 1.88 bits per heavy atom. The average molecular weight is 581 g/mol. The number of rotatable bonds is 5. The molecule has 3 aliphatic rings. The number of pyridine rings is 1. The molecule has 0 radical (unpaired) electrons. The second-order valence-electron chi connectivity index (χ2n) is 10.4. The lowest BCUT2D eigenvalue weighted by Gasteiger charge is -2.53. The normalized spacial score (nSPS) is 20.9. The molecule has 210 valence electrons. The van der Waals surface area contributed by atoms with Gasteiger partial charge < -0.3 is 15.3 Å². The summed E-state index contributed by atoms with van der Waals surface area (Å²) in [6.45, 7) is 3.40. The van der Waals surface area contributed by atoms with Crippen LogP contribution in [-0.2, 0) is 6.18 Å². The number of carboxylic acid groups (broad SMARTS) is 1. The first-order valence-corrected chi connectivity index (χ1v) is 12.8. The van der Waals surface area contributed by atoms with Crippen molar-refractivity contribution in [2.45, 2.75) is 38.4 Å². The molecule has 1 aromatic carbocycles. The van der Waals surface area contributed by atoms with Gasteiger partial charge in [-0.3, -0.25) is 4.40 Å². The van der Waals surface area contributed by atoms with Crippen LogP contribution in [0.1, 0.15) is 46.7 Å². The highest BCUT2D eigenvalue weighted by atomic mass is 35.5. The second kappa shape index (κ2) is 8.88. The summed E-state index contributed by atoms with van der Waals surface area (Å²) in [7, 11) is 0. The summed E-state index contributed by atoms with van der Waals surface area (Å²) in [6.07, 6.45) is -3.54. The maximum Gasteiger partial charge on any atom is 0.434 e. The van der Waals surface area contributed by atoms with Crippen LogP contribution in [0.5, 0.6) is 0 Å². The number of nitrogens with one attached hydrogen (secondary N) is 1. The summed E-state index contributed by atoms with van der Waals surface area (Å²) in [5, 5.41) is 13.0. The van der Waals surface area contributed by atoms with Gasteiger partial charge in [-0.1, -0.05) is 17.7 Å². The van der Waals surface area contributed by atoms with E-state index in [1.165, 1.54) is 16.5 Å². The van der Waals surface area contributed by atoms with Gasteiger partial charge in [0.2, 0.25) is 5.95 Å². The van der Waals surface area contributed by atoms with Crippen LogP contribution in [0.25, 0.3) is 16.6 Å². The fraction of sp³-hybridized carbons (Fsp3) is 0.385. The number of piperidine rings is 2. The number of fused-ring (bicyclic) bond motifs is 5. The van der Waals surface area contributed by atoms with Gasteiger partial charge in [0.15, 0.2) is 11.4 Å². The summed E-state index contributed by atoms with van der Waals surface area (Å²) in [4.78, 5) is 25.9. The Labute approximate surface area is 228 Å². The maximum absolute atomic E-state index is 14.3. The molecule has 14 heteroatoms. The predicted octanol–water partition coefficient (Wildman–Crippen LogP) is 6.22. The molecule has 4 aromatic rings. The molecule has 8 nitrogen and oxygen atoms in total. The number of aromatic carboxylic acids is 1. The number of alkyl halides is 5. The lowest BCUT2D eigenvalue weighted by Crippen LogP contribution is -2.63. The first-order valence-electron chi connectivity index (χ1n) is 12.4. The average Bonchev–Trinajstić information content (AvgIpc) is 3.35. The molecule has 0 spiro atoms. The van der Waals surface area contributed by atoms with E-state index in [1.54, 1.807) is 30.9 Å². The SMILES string of the molecule is Cc1cc([C@@H](C)Nc2ccc(Cl)nc2C(=O)O)c2nc(N3CC4CC(C3)C4(F)F)n3cc(C(F)(F)F)nc3c2c1. The van der Waals surface area contributed by atoms with Gasteiger partial charge in [0.05, 0.1) is 17.2 Å². The Balaban J connectivity index is 1.52. The van der Waals surface area contributed by atoms with E-state index in [2.05, 4.69) is 15.3 Å². The number of hydrogen-bond acceptors (Lipinski definition) is 6. The van der Waals surface area contributed by atoms with Crippen molar-refractivity contribution in [3.8, 4) is 0 Å². The molecule has 3 fully saturated rings. The van der Waals surface area contributed by atoms with E-state index >= 15 is 0 Å². The fourth-order valence-electron chi connectivity index (χ4n) is 5.69. The Hall–Kier alpha value is -3.74. The molecule has 2 bridgehead atoms. The van der Waals surface area contributed by atoms with Crippen LogP contribution in [0.2, 0.25) is 5.15 Å². The molecule has 2 saturated heterocycles. The number of carboxylic acids is 1. The van der Waals surface area contributed by atoms with Crippen LogP contribution in [0.15, 0.2) is 30.5 Å². The maximum atomic E-state index is 14.3. The van der Waals surface area contributed by atoms with E-state index in [0.717, 1.165) is 6.20 Å². The quantitative estimate of drug-likeness (QED) is 0.214. The molecule has 3 aromatic heterocycles. The summed E-state index contributed by atoms with van der Waals surface area (Å²) in [6, 6.07) is 5.75. The molecule has 3 atom stereocenters. The van der Waals surface area contributed by atoms with Crippen molar-refractivity contribution < 1.29 is 31.9 Å². The Morgan fingerprint density at radius 1 is 1.18 bits per heavy atom. The van der Waals surface area contributed by atoms with Gasteiger partial charge in [0.1, 0.15) is 10.8 Å². The number of aryl methyl sites for hydroxylation is 1. The van der Waals surface area contributed by atoms with Gasteiger partial charge in [-0.2, -0.15) is 13.2 Å². The molecule has 2 unspecified atom stereocenters. The summed E-state index contributed by atoms with van der Waals surface area (Å²) in [5.41, 5.74) is 0.322. The highest BCUT2D eigenvalue weighted by molar-refractivity contribution is 6.29. The lowest BCUT2D eigenvalue weighted by atomic mass is 9.67. The number of halogens is 6. The number of aromatic nitrogens is 4. The molecule has 0 amide bonds. The van der Waals surface area contributed by atoms with E-state index in [4.69, 9.17) is 16.6 Å². The molecule has 1 saturated carbocycles. The topological polar surface area (TPSA) is 95.6 Å². The molecular formula is C26H22ClF5N6O2. The van der Waals surface area contributed by atoms with Crippen molar-refractivity contribution in [2.24, 2.45) is 11.8 Å². The summed E-state index contributed by atoms with van der Waals surface area (Å²) >= 11 is 5.87. The van der Waals surface area contributed by atoms with Crippen LogP contribution in [0, 0.1) is 18.8 Å². The number of hydrogen-bond donors (Lipinski definition) is 2. The first kappa shape index (κ1) is 26.5. The van der Waals surface area contributed by atoms with E-state index in [1.807, 2.05) is 0 Å². The minimum absolute atomic E-state index is 0.00441. The number of nitrogens with zero attached hydrogens (tertiary/aromatic N) is 5. The minimum atomic E-state index is -4.73. The molecule has 7 rings (SSSR count). The standard InChI is InChI=1S/C26H22ClF5N6O2/c1-11-5-15(12(2)33-17-3-4-19(27)35-21(17)23(39)40)20-16(6-11)22-34-18(26(30,31)32)10-38(22)24(36-20)37-8-13-7-14(9-37)25(13,28)29/h3-6,10,12-14,33H,7-9H2,1-2H3,(H,39,40)/t12-,13?,14?/m1/s1. The van der Waals surface area contributed by atoms with E-state index in [9.17, 15) is 31.9 Å². The predicted molar refractivity (Wildman–Crippen MR) is 137 cm³/mol. The van der Waals surface area contributed by atoms with Crippen molar-refractivity contribution in [3.05, 3.63) is 58.1 Å². The van der Waals surface area contributed by atoms with Crippen LogP contribution in [-0.4, -0.2) is 49.4 Å². The Morgan fingerprint density at radius 3 is 2.50 bits per heavy atom. The zero-order valence-electron chi connectivity index (χ0n) is 21.1. The summed E-state index contributed by atoms with van der Waals surface area (Å²) < 4.78 is 71.1. The van der Waals surface area contributed by atoms with Crippen LogP contribution >= 0.6 is 11.6 Å². The zero-order valence-corrected chi connectivity index (χ0v) is 21.9. The zero-order chi connectivity index (χ0) is 28.7. The Bertz CT molecular complexity index is 1680. The fourth-order valence-corrected chi connectivity index (χ4v) is 5.83. The molecule has 40 heavy (non-hydrogen) atoms. The van der Waals surface area contributed by atoms with Crippen molar-refractivity contribution in [1.29, 1.82) is 0 Å². The van der Waals surface area contributed by atoms with Crippen molar-refractivity contribution in [1.82, 2.24) is 19.4 Å². The van der Waals surface area contributed by atoms with E-state index in [-0.39, 0.29) is 41.2 Å². The third-order valence-electron chi connectivity index (χ3n) is 7.67. The van der Waals surface area contributed by atoms with Crippen molar-refractivity contribution >= 4 is 45.8 Å². The lowest BCUT2D eigenvalue weighted by molar-refractivity contribution is -0.194. The number of imidazole rings is 1. The van der Waals surface area contributed by atoms with Crippen LogP contribution in [0.3, 0.4) is 0 Å². The molecular weight excluding hydrogens is 559 g/mol. The van der Waals surface area contributed by atoms with Gasteiger partial charge in [-0.25, -0.2) is 28.5 Å². The van der Waals surface area contributed by atoms with Gasteiger partial charge in [-0.05, 0) is 44.0 Å². The highest BCUT2D eigenvalue weighted by Crippen LogP contribution is 2.53. The smallest absolute Gasteiger partial charge is 0.434 e.